The number of nitrogens with one attached hydrogen (secondary N) is 1. The normalized spacial score (nSPS) is 29.2. The number of imide groups is 1. The molecule has 2 aromatic rings. The zero-order valence-corrected chi connectivity index (χ0v) is 21.6. The van der Waals surface area contributed by atoms with Crippen molar-refractivity contribution in [2.75, 3.05) is 11.9 Å². The van der Waals surface area contributed by atoms with Crippen LogP contribution in [0.3, 0.4) is 0 Å². The third-order valence-corrected chi connectivity index (χ3v) is 8.52. The van der Waals surface area contributed by atoms with Crippen LogP contribution in [0.2, 0.25) is 0 Å². The second kappa shape index (κ2) is 9.53. The van der Waals surface area contributed by atoms with Crippen molar-refractivity contribution < 1.29 is 23.9 Å². The number of benzene rings is 2. The molecule has 3 fully saturated rings. The van der Waals surface area contributed by atoms with E-state index in [0.717, 1.165) is 12.0 Å². The van der Waals surface area contributed by atoms with Gasteiger partial charge in [-0.3, -0.25) is 19.3 Å². The summed E-state index contributed by atoms with van der Waals surface area (Å²) in [7, 11) is 0. The van der Waals surface area contributed by atoms with Crippen LogP contribution in [0.25, 0.3) is 0 Å². The number of likely N-dealkylation sites (tertiary alicyclic amines) is 1. The number of ether oxygens (including phenoxy) is 1. The Labute approximate surface area is 222 Å². The van der Waals surface area contributed by atoms with E-state index in [4.69, 9.17) is 4.74 Å². The van der Waals surface area contributed by atoms with Gasteiger partial charge in [-0.1, -0.05) is 56.3 Å². The van der Waals surface area contributed by atoms with Gasteiger partial charge in [-0.15, -0.1) is 0 Å². The molecule has 0 aromatic heterocycles. The molecule has 1 heterocycles. The zero-order chi connectivity index (χ0) is 26.6. The molecule has 4 aliphatic carbocycles. The van der Waals surface area contributed by atoms with Crippen molar-refractivity contribution in [3.63, 3.8) is 0 Å². The molecule has 2 saturated carbocycles. The molecule has 5 aliphatic rings. The van der Waals surface area contributed by atoms with Crippen LogP contribution < -0.4 is 5.32 Å². The Hall–Kier alpha value is -3.74. The first-order valence-corrected chi connectivity index (χ1v) is 13.5. The summed E-state index contributed by atoms with van der Waals surface area (Å²) < 4.78 is 5.27. The molecular formula is C31H32N2O5. The van der Waals surface area contributed by atoms with E-state index >= 15 is 0 Å². The molecule has 1 saturated heterocycles. The number of anilines is 1. The van der Waals surface area contributed by atoms with Gasteiger partial charge in [0.05, 0.1) is 24.0 Å². The number of rotatable bonds is 8. The molecule has 7 nitrogen and oxygen atoms in total. The summed E-state index contributed by atoms with van der Waals surface area (Å²) in [6, 6.07) is 15.0. The van der Waals surface area contributed by atoms with Crippen LogP contribution in [0.1, 0.15) is 36.2 Å². The summed E-state index contributed by atoms with van der Waals surface area (Å²) >= 11 is 0. The molecule has 196 valence electrons. The topological polar surface area (TPSA) is 92.8 Å². The monoisotopic (exact) mass is 512 g/mol. The van der Waals surface area contributed by atoms with E-state index in [-0.39, 0.29) is 47.8 Å². The summed E-state index contributed by atoms with van der Waals surface area (Å²) in [5.74, 6) is -0.578. The van der Waals surface area contributed by atoms with Gasteiger partial charge in [-0.2, -0.15) is 0 Å². The van der Waals surface area contributed by atoms with Crippen LogP contribution >= 0.6 is 0 Å². The number of hydrogen-bond acceptors (Lipinski definition) is 5. The van der Waals surface area contributed by atoms with Crippen molar-refractivity contribution in [1.82, 2.24) is 4.90 Å². The van der Waals surface area contributed by atoms with E-state index in [9.17, 15) is 19.2 Å². The summed E-state index contributed by atoms with van der Waals surface area (Å²) in [4.78, 5) is 54.7. The van der Waals surface area contributed by atoms with Crippen LogP contribution in [0.15, 0.2) is 66.7 Å². The van der Waals surface area contributed by atoms with E-state index in [1.165, 1.54) is 4.90 Å². The molecule has 7 atom stereocenters. The number of esters is 1. The molecule has 3 amide bonds. The maximum absolute atomic E-state index is 13.8. The zero-order valence-electron chi connectivity index (χ0n) is 21.6. The lowest BCUT2D eigenvalue weighted by atomic mass is 9.63. The highest BCUT2D eigenvalue weighted by atomic mass is 16.5. The molecule has 7 heteroatoms. The van der Waals surface area contributed by atoms with Gasteiger partial charge < -0.3 is 10.1 Å². The van der Waals surface area contributed by atoms with Gasteiger partial charge in [-0.05, 0) is 65.8 Å². The van der Waals surface area contributed by atoms with E-state index in [1.54, 1.807) is 24.3 Å². The first-order valence-electron chi connectivity index (χ1n) is 13.5. The molecule has 0 spiro atoms. The second-order valence-electron chi connectivity index (χ2n) is 11.5. The Morgan fingerprint density at radius 1 is 0.921 bits per heavy atom. The smallest absolute Gasteiger partial charge is 0.338 e. The Balaban J connectivity index is 1.23. The Morgan fingerprint density at radius 2 is 1.53 bits per heavy atom. The fourth-order valence-electron chi connectivity index (χ4n) is 6.67. The molecule has 1 aliphatic heterocycles. The minimum absolute atomic E-state index is 0.0971. The van der Waals surface area contributed by atoms with E-state index in [2.05, 4.69) is 17.5 Å². The summed E-state index contributed by atoms with van der Waals surface area (Å²) in [6.45, 7) is 4.26. The molecule has 1 N–H and O–H groups in total. The number of amides is 3. The molecule has 0 unspecified atom stereocenters. The third-order valence-electron chi connectivity index (χ3n) is 8.52. The highest BCUT2D eigenvalue weighted by Gasteiger charge is 2.67. The summed E-state index contributed by atoms with van der Waals surface area (Å²) in [6.07, 6.45) is 5.59. The van der Waals surface area contributed by atoms with Crippen molar-refractivity contribution >= 4 is 29.4 Å². The van der Waals surface area contributed by atoms with Gasteiger partial charge >= 0.3 is 5.97 Å². The van der Waals surface area contributed by atoms with Gasteiger partial charge in [0.25, 0.3) is 0 Å². The fourth-order valence-corrected chi connectivity index (χ4v) is 6.67. The van der Waals surface area contributed by atoms with Crippen molar-refractivity contribution in [2.24, 2.45) is 41.4 Å². The lowest BCUT2D eigenvalue weighted by Gasteiger charge is -2.37. The highest BCUT2D eigenvalue weighted by Crippen LogP contribution is 2.65. The number of nitrogens with zero attached hydrogens (tertiary/aromatic N) is 1. The standard InChI is InChI=1S/C31H32N2O5/c1-17(2)16-38-31(37)19-8-10-20(11-9-19)32-28(34)25(14-18-6-4-3-5-7-18)33-29(35)26-21-12-13-22(24-15-23(21)24)27(26)30(33)36/h3-13,17,21-27H,14-16H2,1-2H3,(H,32,34)/t21-,22-,23-,24-,25+,26-,27+/m1/s1. The lowest BCUT2D eigenvalue weighted by Crippen LogP contribution is -2.49. The first-order chi connectivity index (χ1) is 18.3. The van der Waals surface area contributed by atoms with E-state index in [0.29, 0.717) is 29.7 Å². The second-order valence-corrected chi connectivity index (χ2v) is 11.5. The average molecular weight is 513 g/mol. The van der Waals surface area contributed by atoms with Gasteiger partial charge in [0.15, 0.2) is 0 Å². The van der Waals surface area contributed by atoms with E-state index < -0.39 is 17.9 Å². The lowest BCUT2D eigenvalue weighted by molar-refractivity contribution is -0.146. The van der Waals surface area contributed by atoms with Gasteiger partial charge in [-0.25, -0.2) is 4.79 Å². The van der Waals surface area contributed by atoms with Gasteiger partial charge in [0.1, 0.15) is 6.04 Å². The van der Waals surface area contributed by atoms with Crippen molar-refractivity contribution in [2.45, 2.75) is 32.7 Å². The SMILES string of the molecule is CC(C)COC(=O)c1ccc(NC(=O)[C@H](Cc2ccccc2)N2C(=O)[C@@H]3[C@@H]4C=C[C@H]([C@H]5C[C@H]45)[C@@H]3C2=O)cc1. The van der Waals surface area contributed by atoms with Crippen LogP contribution in [0.4, 0.5) is 5.69 Å². The van der Waals surface area contributed by atoms with Crippen molar-refractivity contribution in [3.8, 4) is 0 Å². The number of carbonyl (C=O) groups excluding carboxylic acids is 4. The van der Waals surface area contributed by atoms with Crippen LogP contribution in [-0.4, -0.2) is 41.2 Å². The van der Waals surface area contributed by atoms with Crippen molar-refractivity contribution in [3.05, 3.63) is 77.9 Å². The Kier molecular flexibility index (Phi) is 6.17. The van der Waals surface area contributed by atoms with E-state index in [1.807, 2.05) is 44.2 Å². The highest BCUT2D eigenvalue weighted by molar-refractivity contribution is 6.10. The Morgan fingerprint density at radius 3 is 2.11 bits per heavy atom. The van der Waals surface area contributed by atoms with Crippen LogP contribution in [-0.2, 0) is 25.5 Å². The molecule has 2 bridgehead atoms. The number of carbonyl (C=O) groups is 4. The molecule has 2 aromatic carbocycles. The average Bonchev–Trinajstić information content (AvgIpc) is 3.70. The van der Waals surface area contributed by atoms with Crippen LogP contribution in [0.5, 0.6) is 0 Å². The maximum Gasteiger partial charge on any atom is 0.338 e. The minimum Gasteiger partial charge on any atom is -0.462 e. The molecule has 0 radical (unpaired) electrons. The van der Waals surface area contributed by atoms with Crippen molar-refractivity contribution in [1.29, 1.82) is 0 Å². The molecule has 7 rings (SSSR count). The van der Waals surface area contributed by atoms with Gasteiger partial charge in [0.2, 0.25) is 17.7 Å². The Bertz CT molecular complexity index is 1270. The minimum atomic E-state index is -0.964. The molecular weight excluding hydrogens is 480 g/mol. The first kappa shape index (κ1) is 24.6. The maximum atomic E-state index is 13.8. The largest absolute Gasteiger partial charge is 0.462 e. The van der Waals surface area contributed by atoms with Gasteiger partial charge in [0, 0.05) is 12.1 Å². The summed E-state index contributed by atoms with van der Waals surface area (Å²) in [5.41, 5.74) is 1.74. The quantitative estimate of drug-likeness (QED) is 0.327. The molecule has 38 heavy (non-hydrogen) atoms. The third kappa shape index (κ3) is 4.24. The number of hydrogen-bond donors (Lipinski definition) is 1. The van der Waals surface area contributed by atoms with Crippen LogP contribution in [0, 0.1) is 41.4 Å². The predicted octanol–water partition coefficient (Wildman–Crippen LogP) is 4.10. The summed E-state index contributed by atoms with van der Waals surface area (Å²) in [5, 5.41) is 2.88. The predicted molar refractivity (Wildman–Crippen MR) is 141 cm³/mol. The fraction of sp³-hybridized carbons (Fsp3) is 0.419. The number of allylic oxidation sites excluding steroid dienone is 2.